The van der Waals surface area contributed by atoms with Gasteiger partial charge in [0.15, 0.2) is 0 Å². The van der Waals surface area contributed by atoms with Crippen LogP contribution in [0, 0.1) is 0 Å². The van der Waals surface area contributed by atoms with Crippen LogP contribution in [-0.2, 0) is 17.4 Å². The lowest BCUT2D eigenvalue weighted by Gasteiger charge is -2.09. The van der Waals surface area contributed by atoms with Crippen LogP contribution in [0.25, 0.3) is 0 Å². The molecule has 2 aromatic carbocycles. The summed E-state index contributed by atoms with van der Waals surface area (Å²) < 4.78 is 37.3. The van der Waals surface area contributed by atoms with Gasteiger partial charge in [0.2, 0.25) is 5.91 Å². The molecule has 0 fully saturated rings. The van der Waals surface area contributed by atoms with Crippen LogP contribution in [0.2, 0.25) is 10.0 Å². The topological polar surface area (TPSA) is 29.1 Å². The molecular formula is C15H10Cl2F3NO. The lowest BCUT2D eigenvalue weighted by Crippen LogP contribution is -2.15. The number of rotatable bonds is 3. The second-order valence-corrected chi connectivity index (χ2v) is 5.39. The maximum absolute atomic E-state index is 12.4. The van der Waals surface area contributed by atoms with Gasteiger partial charge < -0.3 is 5.32 Å². The average Bonchev–Trinajstić information content (AvgIpc) is 2.41. The highest BCUT2D eigenvalue weighted by Gasteiger charge is 2.29. The second-order valence-electron chi connectivity index (χ2n) is 4.54. The first kappa shape index (κ1) is 16.6. The van der Waals surface area contributed by atoms with Gasteiger partial charge in [0, 0.05) is 5.02 Å². The third kappa shape index (κ3) is 4.39. The van der Waals surface area contributed by atoms with E-state index in [4.69, 9.17) is 23.2 Å². The zero-order chi connectivity index (χ0) is 16.3. The molecular weight excluding hydrogens is 338 g/mol. The van der Waals surface area contributed by atoms with Crippen molar-refractivity contribution in [2.24, 2.45) is 0 Å². The number of benzene rings is 2. The van der Waals surface area contributed by atoms with Gasteiger partial charge in [0.1, 0.15) is 0 Å². The van der Waals surface area contributed by atoms with E-state index in [-0.39, 0.29) is 17.4 Å². The summed E-state index contributed by atoms with van der Waals surface area (Å²) in [6, 6.07) is 9.03. The highest BCUT2D eigenvalue weighted by atomic mass is 35.5. The fourth-order valence-corrected chi connectivity index (χ4v) is 2.24. The minimum absolute atomic E-state index is 0.0584. The van der Waals surface area contributed by atoms with E-state index >= 15 is 0 Å². The summed E-state index contributed by atoms with van der Waals surface area (Å²) in [6.45, 7) is 0. The Bertz CT molecular complexity index is 684. The van der Waals surface area contributed by atoms with Gasteiger partial charge in [0.25, 0.3) is 0 Å². The number of halogens is 5. The number of hydrogen-bond acceptors (Lipinski definition) is 1. The van der Waals surface area contributed by atoms with E-state index in [9.17, 15) is 18.0 Å². The Kier molecular flexibility index (Phi) is 4.98. The first-order valence-corrected chi connectivity index (χ1v) is 6.92. The van der Waals surface area contributed by atoms with Crippen molar-refractivity contribution in [2.75, 3.05) is 5.32 Å². The molecule has 1 N–H and O–H groups in total. The van der Waals surface area contributed by atoms with Gasteiger partial charge in [-0.05, 0) is 35.9 Å². The molecule has 0 saturated carbocycles. The molecule has 2 aromatic rings. The largest absolute Gasteiger partial charge is 0.416 e. The molecule has 2 rings (SSSR count). The van der Waals surface area contributed by atoms with Crippen LogP contribution in [0.5, 0.6) is 0 Å². The van der Waals surface area contributed by atoms with Crippen molar-refractivity contribution in [3.8, 4) is 0 Å². The van der Waals surface area contributed by atoms with Crippen LogP contribution >= 0.6 is 23.2 Å². The number of carbonyl (C=O) groups is 1. The Morgan fingerprint density at radius 1 is 1.05 bits per heavy atom. The molecule has 0 aromatic heterocycles. The molecule has 0 saturated heterocycles. The quantitative estimate of drug-likeness (QED) is 0.812. The van der Waals surface area contributed by atoms with E-state index in [1.807, 2.05) is 0 Å². The van der Waals surface area contributed by atoms with Gasteiger partial charge in [-0.25, -0.2) is 0 Å². The molecule has 0 aliphatic heterocycles. The molecule has 0 bridgehead atoms. The standard InChI is InChI=1S/C15H10Cl2F3NO/c16-11-5-6-13(12(17)8-11)21-14(22)7-9-1-3-10(4-2-9)15(18,19)20/h1-6,8H,7H2,(H,21,22). The highest BCUT2D eigenvalue weighted by Crippen LogP contribution is 2.29. The van der Waals surface area contributed by atoms with E-state index in [0.29, 0.717) is 16.3 Å². The number of nitrogens with one attached hydrogen (secondary N) is 1. The third-order valence-corrected chi connectivity index (χ3v) is 3.40. The van der Waals surface area contributed by atoms with Crippen LogP contribution in [0.1, 0.15) is 11.1 Å². The van der Waals surface area contributed by atoms with Crippen molar-refractivity contribution in [3.63, 3.8) is 0 Å². The normalized spacial score (nSPS) is 11.3. The molecule has 0 spiro atoms. The molecule has 2 nitrogen and oxygen atoms in total. The lowest BCUT2D eigenvalue weighted by atomic mass is 10.1. The van der Waals surface area contributed by atoms with Gasteiger partial charge >= 0.3 is 6.18 Å². The molecule has 0 radical (unpaired) electrons. The van der Waals surface area contributed by atoms with Gasteiger partial charge in [-0.3, -0.25) is 4.79 Å². The summed E-state index contributed by atoms with van der Waals surface area (Å²) in [5.74, 6) is -0.385. The van der Waals surface area contributed by atoms with Crippen molar-refractivity contribution in [1.82, 2.24) is 0 Å². The van der Waals surface area contributed by atoms with Crippen molar-refractivity contribution in [1.29, 1.82) is 0 Å². The maximum atomic E-state index is 12.4. The van der Waals surface area contributed by atoms with Crippen LogP contribution in [-0.4, -0.2) is 5.91 Å². The van der Waals surface area contributed by atoms with E-state index in [1.165, 1.54) is 18.2 Å². The van der Waals surface area contributed by atoms with Crippen molar-refractivity contribution in [3.05, 3.63) is 63.6 Å². The Labute approximate surface area is 134 Å². The number of carbonyl (C=O) groups excluding carboxylic acids is 1. The molecule has 22 heavy (non-hydrogen) atoms. The van der Waals surface area contributed by atoms with E-state index < -0.39 is 11.7 Å². The molecule has 1 amide bonds. The van der Waals surface area contributed by atoms with Crippen LogP contribution in [0.4, 0.5) is 18.9 Å². The predicted molar refractivity (Wildman–Crippen MR) is 80.2 cm³/mol. The fraction of sp³-hybridized carbons (Fsp3) is 0.133. The third-order valence-electron chi connectivity index (χ3n) is 2.85. The highest BCUT2D eigenvalue weighted by molar-refractivity contribution is 6.36. The van der Waals surface area contributed by atoms with E-state index in [2.05, 4.69) is 5.32 Å². The van der Waals surface area contributed by atoms with Gasteiger partial charge in [-0.1, -0.05) is 35.3 Å². The summed E-state index contributed by atoms with van der Waals surface area (Å²) >= 11 is 11.7. The SMILES string of the molecule is O=C(Cc1ccc(C(F)(F)F)cc1)Nc1ccc(Cl)cc1Cl. The molecule has 0 unspecified atom stereocenters. The average molecular weight is 348 g/mol. The van der Waals surface area contributed by atoms with Crippen molar-refractivity contribution in [2.45, 2.75) is 12.6 Å². The van der Waals surface area contributed by atoms with Gasteiger partial charge in [-0.15, -0.1) is 0 Å². The molecule has 116 valence electrons. The zero-order valence-corrected chi connectivity index (χ0v) is 12.6. The summed E-state index contributed by atoms with van der Waals surface area (Å²) in [7, 11) is 0. The summed E-state index contributed by atoms with van der Waals surface area (Å²) in [5, 5.41) is 3.30. The van der Waals surface area contributed by atoms with Gasteiger partial charge in [-0.2, -0.15) is 13.2 Å². The van der Waals surface area contributed by atoms with Crippen LogP contribution < -0.4 is 5.32 Å². The number of alkyl halides is 3. The summed E-state index contributed by atoms with van der Waals surface area (Å²) in [4.78, 5) is 11.9. The minimum Gasteiger partial charge on any atom is -0.324 e. The Hall–Kier alpha value is -1.72. The molecule has 0 heterocycles. The molecule has 0 atom stereocenters. The number of amides is 1. The van der Waals surface area contributed by atoms with E-state index in [1.54, 1.807) is 12.1 Å². The Morgan fingerprint density at radius 3 is 2.23 bits per heavy atom. The lowest BCUT2D eigenvalue weighted by molar-refractivity contribution is -0.137. The monoisotopic (exact) mass is 347 g/mol. The predicted octanol–water partition coefficient (Wildman–Crippen LogP) is 5.19. The fourth-order valence-electron chi connectivity index (χ4n) is 1.78. The summed E-state index contributed by atoms with van der Waals surface area (Å²) in [5.41, 5.74) is 0.107. The van der Waals surface area contributed by atoms with Crippen molar-refractivity contribution >= 4 is 34.8 Å². The first-order chi connectivity index (χ1) is 10.3. The van der Waals surface area contributed by atoms with E-state index in [0.717, 1.165) is 12.1 Å². The zero-order valence-electron chi connectivity index (χ0n) is 11.0. The van der Waals surface area contributed by atoms with Crippen LogP contribution in [0.3, 0.4) is 0 Å². The Balaban J connectivity index is 2.03. The van der Waals surface area contributed by atoms with Crippen LogP contribution in [0.15, 0.2) is 42.5 Å². The molecule has 7 heteroatoms. The Morgan fingerprint density at radius 2 is 1.68 bits per heavy atom. The second kappa shape index (κ2) is 6.58. The minimum atomic E-state index is -4.39. The molecule has 0 aliphatic rings. The number of hydrogen-bond donors (Lipinski definition) is 1. The maximum Gasteiger partial charge on any atom is 0.416 e. The smallest absolute Gasteiger partial charge is 0.324 e. The molecule has 0 aliphatic carbocycles. The van der Waals surface area contributed by atoms with Gasteiger partial charge in [0.05, 0.1) is 22.7 Å². The number of anilines is 1. The first-order valence-electron chi connectivity index (χ1n) is 6.17. The van der Waals surface area contributed by atoms with Crippen molar-refractivity contribution < 1.29 is 18.0 Å². The summed E-state index contributed by atoms with van der Waals surface area (Å²) in [6.07, 6.45) is -4.45.